The van der Waals surface area contributed by atoms with Crippen molar-refractivity contribution in [2.45, 2.75) is 19.0 Å². The summed E-state index contributed by atoms with van der Waals surface area (Å²) in [7, 11) is 1.28. The number of halogens is 1. The Bertz CT molecular complexity index is 1210. The second-order valence-electron chi connectivity index (χ2n) is 7.48. The summed E-state index contributed by atoms with van der Waals surface area (Å²) in [5.74, 6) is -1.03. The van der Waals surface area contributed by atoms with Crippen LogP contribution in [-0.2, 0) is 20.9 Å². The topological polar surface area (TPSA) is 109 Å². The van der Waals surface area contributed by atoms with Gasteiger partial charge in [-0.2, -0.15) is 0 Å². The molecular weight excluding hydrogens is 462 g/mol. The molecular formula is C24H20ClN3O6. The molecule has 0 radical (unpaired) electrons. The summed E-state index contributed by atoms with van der Waals surface area (Å²) in [6.07, 6.45) is 1.20. The van der Waals surface area contributed by atoms with Crippen LogP contribution in [0.1, 0.15) is 22.5 Å². The molecule has 1 aliphatic rings. The minimum absolute atomic E-state index is 0.0213. The zero-order chi connectivity index (χ0) is 24.2. The number of carbonyl (C=O) groups is 4. The number of esters is 1. The maximum Gasteiger partial charge on any atom is 0.337 e. The number of ether oxygens (including phenoxy) is 1. The summed E-state index contributed by atoms with van der Waals surface area (Å²) in [5.41, 5.74) is 1.12. The molecule has 4 amide bonds. The van der Waals surface area contributed by atoms with Crippen LogP contribution in [0.5, 0.6) is 0 Å². The van der Waals surface area contributed by atoms with E-state index >= 15 is 0 Å². The Hall–Kier alpha value is -4.11. The van der Waals surface area contributed by atoms with Crippen LogP contribution in [-0.4, -0.2) is 41.9 Å². The van der Waals surface area contributed by atoms with Gasteiger partial charge in [-0.15, -0.1) is 0 Å². The lowest BCUT2D eigenvalue weighted by atomic mass is 10.1. The summed E-state index contributed by atoms with van der Waals surface area (Å²) in [4.78, 5) is 53.1. The van der Waals surface area contributed by atoms with Crippen molar-refractivity contribution in [3.63, 3.8) is 0 Å². The Kier molecular flexibility index (Phi) is 6.65. The summed E-state index contributed by atoms with van der Waals surface area (Å²) < 4.78 is 10.00. The molecule has 0 spiro atoms. The van der Waals surface area contributed by atoms with Crippen LogP contribution in [0.3, 0.4) is 0 Å². The van der Waals surface area contributed by atoms with Crippen LogP contribution >= 0.6 is 11.6 Å². The number of methoxy groups -OCH3 is 1. The van der Waals surface area contributed by atoms with E-state index in [0.717, 1.165) is 4.90 Å². The molecule has 1 fully saturated rings. The number of anilines is 2. The Labute approximate surface area is 199 Å². The molecule has 1 aromatic heterocycles. The zero-order valence-electron chi connectivity index (χ0n) is 18.1. The number of nitrogens with one attached hydrogen (secondary N) is 1. The largest absolute Gasteiger partial charge is 0.467 e. The minimum Gasteiger partial charge on any atom is -0.467 e. The average Bonchev–Trinajstić information content (AvgIpc) is 3.42. The Morgan fingerprint density at radius 1 is 1.06 bits per heavy atom. The molecule has 1 aliphatic heterocycles. The van der Waals surface area contributed by atoms with E-state index in [1.54, 1.807) is 48.5 Å². The highest BCUT2D eigenvalue weighted by molar-refractivity contribution is 6.30. The van der Waals surface area contributed by atoms with E-state index in [1.165, 1.54) is 30.4 Å². The Morgan fingerprint density at radius 3 is 2.38 bits per heavy atom. The predicted molar refractivity (Wildman–Crippen MR) is 123 cm³/mol. The molecule has 1 N–H and O–H groups in total. The van der Waals surface area contributed by atoms with Gasteiger partial charge in [0, 0.05) is 10.7 Å². The van der Waals surface area contributed by atoms with Crippen molar-refractivity contribution in [1.29, 1.82) is 0 Å². The maximum atomic E-state index is 13.2. The number of carbonyl (C=O) groups excluding carboxylic acids is 4. The molecule has 2 aromatic carbocycles. The fourth-order valence-electron chi connectivity index (χ4n) is 3.61. The first kappa shape index (κ1) is 23.1. The van der Waals surface area contributed by atoms with Crippen LogP contribution in [0, 0.1) is 0 Å². The van der Waals surface area contributed by atoms with Crippen LogP contribution in [0.15, 0.2) is 71.3 Å². The fraction of sp³-hybridized carbons (Fsp3) is 0.167. The Balaban J connectivity index is 1.53. The van der Waals surface area contributed by atoms with E-state index in [-0.39, 0.29) is 13.0 Å². The number of furan rings is 1. The number of imide groups is 1. The van der Waals surface area contributed by atoms with E-state index in [1.807, 2.05) is 0 Å². The van der Waals surface area contributed by atoms with Crippen molar-refractivity contribution in [2.75, 3.05) is 17.3 Å². The number of urea groups is 1. The molecule has 4 rings (SSSR count). The smallest absolute Gasteiger partial charge is 0.337 e. The van der Waals surface area contributed by atoms with Gasteiger partial charge in [0.2, 0.25) is 5.91 Å². The van der Waals surface area contributed by atoms with Crippen LogP contribution < -0.4 is 10.2 Å². The maximum absolute atomic E-state index is 13.2. The van der Waals surface area contributed by atoms with Gasteiger partial charge in [-0.1, -0.05) is 11.6 Å². The SMILES string of the molecule is COC(=O)c1ccc(NC(=O)C[C@H]2C(=O)N(c3ccc(Cl)cc3)C(=O)N2Cc2ccco2)cc1. The number of hydrogen-bond acceptors (Lipinski definition) is 6. The number of nitrogens with zero attached hydrogens (tertiary/aromatic N) is 2. The van der Waals surface area contributed by atoms with Crippen molar-refractivity contribution >= 4 is 46.8 Å². The average molecular weight is 482 g/mol. The molecule has 2 heterocycles. The Morgan fingerprint density at radius 2 is 1.76 bits per heavy atom. The molecule has 34 heavy (non-hydrogen) atoms. The van der Waals surface area contributed by atoms with Crippen molar-refractivity contribution in [2.24, 2.45) is 0 Å². The molecule has 3 aromatic rings. The standard InChI is InChI=1S/C24H20ClN3O6/c1-33-23(31)15-4-8-17(9-5-15)26-21(29)13-20-22(30)28(18-10-6-16(25)7-11-18)24(32)27(20)14-19-3-2-12-34-19/h2-12,20H,13-14H2,1H3,(H,26,29)/t20-/m0/s1. The van der Waals surface area contributed by atoms with Crippen molar-refractivity contribution in [1.82, 2.24) is 4.90 Å². The molecule has 1 saturated heterocycles. The van der Waals surface area contributed by atoms with Gasteiger partial charge in [0.1, 0.15) is 11.8 Å². The second kappa shape index (κ2) is 9.80. The van der Waals surface area contributed by atoms with Gasteiger partial charge in [0.25, 0.3) is 5.91 Å². The van der Waals surface area contributed by atoms with Crippen molar-refractivity contribution in [3.8, 4) is 0 Å². The quantitative estimate of drug-likeness (QED) is 0.402. The first-order valence-corrected chi connectivity index (χ1v) is 10.7. The van der Waals surface area contributed by atoms with E-state index in [0.29, 0.717) is 27.7 Å². The molecule has 10 heteroatoms. The van der Waals surface area contributed by atoms with Gasteiger partial charge in [-0.3, -0.25) is 9.59 Å². The third-order valence-electron chi connectivity index (χ3n) is 5.28. The van der Waals surface area contributed by atoms with Gasteiger partial charge < -0.3 is 19.4 Å². The normalized spacial score (nSPS) is 15.5. The van der Waals surface area contributed by atoms with E-state index in [9.17, 15) is 19.2 Å². The highest BCUT2D eigenvalue weighted by Gasteiger charge is 2.47. The van der Waals surface area contributed by atoms with Crippen LogP contribution in [0.4, 0.5) is 16.2 Å². The van der Waals surface area contributed by atoms with Gasteiger partial charge >= 0.3 is 12.0 Å². The first-order chi connectivity index (χ1) is 16.4. The summed E-state index contributed by atoms with van der Waals surface area (Å²) in [5, 5.41) is 3.15. The highest BCUT2D eigenvalue weighted by atomic mass is 35.5. The highest BCUT2D eigenvalue weighted by Crippen LogP contribution is 2.29. The van der Waals surface area contributed by atoms with Gasteiger partial charge in [0.05, 0.1) is 37.6 Å². The summed E-state index contributed by atoms with van der Waals surface area (Å²) >= 11 is 5.93. The molecule has 0 bridgehead atoms. The minimum atomic E-state index is -1.04. The predicted octanol–water partition coefficient (Wildman–Crippen LogP) is 4.09. The lowest BCUT2D eigenvalue weighted by Gasteiger charge is -2.20. The van der Waals surface area contributed by atoms with E-state index in [2.05, 4.69) is 10.1 Å². The lowest BCUT2D eigenvalue weighted by Crippen LogP contribution is -2.37. The lowest BCUT2D eigenvalue weighted by molar-refractivity contribution is -0.124. The van der Waals surface area contributed by atoms with Gasteiger partial charge in [-0.05, 0) is 60.7 Å². The number of benzene rings is 2. The monoisotopic (exact) mass is 481 g/mol. The van der Waals surface area contributed by atoms with Crippen molar-refractivity contribution < 1.29 is 28.3 Å². The number of amides is 4. The second-order valence-corrected chi connectivity index (χ2v) is 7.91. The van der Waals surface area contributed by atoms with Gasteiger partial charge in [-0.25, -0.2) is 14.5 Å². The number of rotatable bonds is 7. The third-order valence-corrected chi connectivity index (χ3v) is 5.53. The first-order valence-electron chi connectivity index (χ1n) is 10.3. The third kappa shape index (κ3) is 4.79. The molecule has 0 unspecified atom stereocenters. The molecule has 9 nitrogen and oxygen atoms in total. The van der Waals surface area contributed by atoms with Crippen LogP contribution in [0.25, 0.3) is 0 Å². The van der Waals surface area contributed by atoms with Gasteiger partial charge in [0.15, 0.2) is 0 Å². The molecule has 0 aliphatic carbocycles. The summed E-state index contributed by atoms with van der Waals surface area (Å²) in [6, 6.07) is 14.2. The summed E-state index contributed by atoms with van der Waals surface area (Å²) in [6.45, 7) is 0.0213. The molecule has 1 atom stereocenters. The van der Waals surface area contributed by atoms with Crippen LogP contribution in [0.2, 0.25) is 5.02 Å². The van der Waals surface area contributed by atoms with Crippen molar-refractivity contribution in [3.05, 3.63) is 83.3 Å². The van der Waals surface area contributed by atoms with E-state index in [4.69, 9.17) is 16.0 Å². The fourth-order valence-corrected chi connectivity index (χ4v) is 3.73. The van der Waals surface area contributed by atoms with E-state index < -0.39 is 29.9 Å². The number of hydrogen-bond donors (Lipinski definition) is 1. The molecule has 174 valence electrons. The zero-order valence-corrected chi connectivity index (χ0v) is 18.8. The molecule has 0 saturated carbocycles.